The van der Waals surface area contributed by atoms with E-state index in [4.69, 9.17) is 16.7 Å². The van der Waals surface area contributed by atoms with Crippen LogP contribution < -0.4 is 5.32 Å². The summed E-state index contributed by atoms with van der Waals surface area (Å²) < 4.78 is 13.0. The smallest absolute Gasteiger partial charge is 0.123 e. The number of hydrogen-bond acceptors (Lipinski definition) is 2. The van der Waals surface area contributed by atoms with Gasteiger partial charge >= 0.3 is 0 Å². The molecule has 2 N–H and O–H groups in total. The Labute approximate surface area is 100 Å². The van der Waals surface area contributed by atoms with Gasteiger partial charge in [-0.2, -0.15) is 0 Å². The highest BCUT2D eigenvalue weighted by molar-refractivity contribution is 6.31. The van der Waals surface area contributed by atoms with Crippen LogP contribution in [0.5, 0.6) is 0 Å². The van der Waals surface area contributed by atoms with Crippen LogP contribution in [0.4, 0.5) is 4.39 Å². The molecular formula is C12H17ClFNO. The summed E-state index contributed by atoms with van der Waals surface area (Å²) in [4.78, 5) is 0. The summed E-state index contributed by atoms with van der Waals surface area (Å²) in [7, 11) is 0. The lowest BCUT2D eigenvalue weighted by Gasteiger charge is -2.19. The van der Waals surface area contributed by atoms with Gasteiger partial charge in [0.2, 0.25) is 0 Å². The topological polar surface area (TPSA) is 32.3 Å². The maximum Gasteiger partial charge on any atom is 0.123 e. The Hall–Kier alpha value is -0.640. The van der Waals surface area contributed by atoms with Crippen molar-refractivity contribution >= 4 is 11.6 Å². The van der Waals surface area contributed by atoms with Gasteiger partial charge in [0.1, 0.15) is 5.82 Å². The van der Waals surface area contributed by atoms with Gasteiger partial charge < -0.3 is 10.4 Å². The summed E-state index contributed by atoms with van der Waals surface area (Å²) in [6.07, 6.45) is 0. The molecular weight excluding hydrogens is 229 g/mol. The number of hydrogen-bond donors (Lipinski definition) is 2. The number of aliphatic hydroxyl groups is 1. The van der Waals surface area contributed by atoms with Gasteiger partial charge in [-0.25, -0.2) is 4.39 Å². The Kier molecular flexibility index (Phi) is 5.19. The van der Waals surface area contributed by atoms with Crippen LogP contribution in [0, 0.1) is 11.7 Å². The van der Waals surface area contributed by atoms with E-state index < -0.39 is 0 Å². The highest BCUT2D eigenvalue weighted by Crippen LogP contribution is 2.17. The van der Waals surface area contributed by atoms with Gasteiger partial charge in [0, 0.05) is 24.2 Å². The van der Waals surface area contributed by atoms with Crippen molar-refractivity contribution in [1.29, 1.82) is 0 Å². The molecule has 1 aromatic carbocycles. The fraction of sp³-hybridized carbons (Fsp3) is 0.500. The van der Waals surface area contributed by atoms with Crippen LogP contribution in [-0.2, 0) is 6.54 Å². The lowest BCUT2D eigenvalue weighted by Crippen LogP contribution is -2.33. The van der Waals surface area contributed by atoms with Crippen molar-refractivity contribution < 1.29 is 9.50 Å². The summed E-state index contributed by atoms with van der Waals surface area (Å²) in [6, 6.07) is 4.47. The molecule has 0 aliphatic carbocycles. The van der Waals surface area contributed by atoms with E-state index in [0.717, 1.165) is 5.56 Å². The zero-order chi connectivity index (χ0) is 12.1. The van der Waals surface area contributed by atoms with E-state index >= 15 is 0 Å². The molecule has 2 nitrogen and oxygen atoms in total. The Bertz CT molecular complexity index is 346. The number of nitrogens with one attached hydrogen (secondary N) is 1. The Morgan fingerprint density at radius 1 is 1.44 bits per heavy atom. The average molecular weight is 246 g/mol. The molecule has 90 valence electrons. The van der Waals surface area contributed by atoms with Crippen molar-refractivity contribution in [2.45, 2.75) is 26.4 Å². The molecule has 0 aliphatic rings. The minimum atomic E-state index is -0.288. The van der Waals surface area contributed by atoms with Gasteiger partial charge in [-0.15, -0.1) is 0 Å². The summed E-state index contributed by atoms with van der Waals surface area (Å²) in [5.41, 5.74) is 0.735. The Balaban J connectivity index is 2.57. The number of rotatable bonds is 5. The lowest BCUT2D eigenvalue weighted by atomic mass is 10.0. The second kappa shape index (κ2) is 6.18. The van der Waals surface area contributed by atoms with Crippen LogP contribution in [0.3, 0.4) is 0 Å². The second-order valence-corrected chi connectivity index (χ2v) is 4.47. The summed E-state index contributed by atoms with van der Waals surface area (Å²) >= 11 is 5.94. The zero-order valence-electron chi connectivity index (χ0n) is 9.50. The molecule has 0 heterocycles. The monoisotopic (exact) mass is 245 g/mol. The normalized spacial score (nSPS) is 14.8. The zero-order valence-corrected chi connectivity index (χ0v) is 10.3. The molecule has 1 rings (SSSR count). The van der Waals surface area contributed by atoms with Crippen molar-refractivity contribution in [3.63, 3.8) is 0 Å². The first-order valence-electron chi connectivity index (χ1n) is 5.32. The van der Waals surface area contributed by atoms with Gasteiger partial charge in [0.25, 0.3) is 0 Å². The van der Waals surface area contributed by atoms with Crippen LogP contribution in [0.15, 0.2) is 18.2 Å². The Morgan fingerprint density at radius 2 is 2.12 bits per heavy atom. The third kappa shape index (κ3) is 3.74. The minimum absolute atomic E-state index is 0.130. The van der Waals surface area contributed by atoms with Crippen molar-refractivity contribution in [3.05, 3.63) is 34.6 Å². The fourth-order valence-electron chi connectivity index (χ4n) is 1.31. The highest BCUT2D eigenvalue weighted by Gasteiger charge is 2.11. The number of aliphatic hydroxyl groups excluding tert-OH is 1. The first kappa shape index (κ1) is 13.4. The predicted molar refractivity (Wildman–Crippen MR) is 64.0 cm³/mol. The molecule has 2 atom stereocenters. The number of benzene rings is 1. The first-order valence-corrected chi connectivity index (χ1v) is 5.70. The molecule has 1 aromatic rings. The third-order valence-corrected chi connectivity index (χ3v) is 3.13. The Morgan fingerprint density at radius 3 is 2.75 bits per heavy atom. The quantitative estimate of drug-likeness (QED) is 0.836. The molecule has 0 bridgehead atoms. The molecule has 0 aliphatic heterocycles. The standard InChI is InChI=1S/C12H17ClFNO/c1-8(7-16)9(2)15-6-10-5-11(14)3-4-12(10)13/h3-5,8-9,15-16H,6-7H2,1-2H3. The average Bonchev–Trinajstić information content (AvgIpc) is 2.28. The van der Waals surface area contributed by atoms with Gasteiger partial charge in [0.05, 0.1) is 0 Å². The van der Waals surface area contributed by atoms with E-state index in [1.807, 2.05) is 13.8 Å². The van der Waals surface area contributed by atoms with Gasteiger partial charge in [-0.05, 0) is 36.6 Å². The van der Waals surface area contributed by atoms with Crippen LogP contribution in [0.2, 0.25) is 5.02 Å². The van der Waals surface area contributed by atoms with Gasteiger partial charge in [-0.1, -0.05) is 18.5 Å². The van der Waals surface area contributed by atoms with E-state index in [1.54, 1.807) is 6.07 Å². The van der Waals surface area contributed by atoms with Crippen LogP contribution in [0.1, 0.15) is 19.4 Å². The van der Waals surface area contributed by atoms with E-state index in [-0.39, 0.29) is 24.4 Å². The third-order valence-electron chi connectivity index (χ3n) is 2.76. The van der Waals surface area contributed by atoms with E-state index in [2.05, 4.69) is 5.32 Å². The van der Waals surface area contributed by atoms with E-state index in [9.17, 15) is 4.39 Å². The van der Waals surface area contributed by atoms with Crippen molar-refractivity contribution in [2.24, 2.45) is 5.92 Å². The fourth-order valence-corrected chi connectivity index (χ4v) is 1.49. The molecule has 0 radical (unpaired) electrons. The second-order valence-electron chi connectivity index (χ2n) is 4.07. The van der Waals surface area contributed by atoms with E-state index in [1.165, 1.54) is 12.1 Å². The largest absolute Gasteiger partial charge is 0.396 e. The summed E-state index contributed by atoms with van der Waals surface area (Å²) in [6.45, 7) is 4.56. The molecule has 0 saturated heterocycles. The minimum Gasteiger partial charge on any atom is -0.396 e. The molecule has 0 saturated carbocycles. The SMILES string of the molecule is CC(CO)C(C)NCc1cc(F)ccc1Cl. The van der Waals surface area contributed by atoms with Crippen molar-refractivity contribution in [2.75, 3.05) is 6.61 Å². The highest BCUT2D eigenvalue weighted by atomic mass is 35.5. The lowest BCUT2D eigenvalue weighted by molar-refractivity contribution is 0.207. The summed E-state index contributed by atoms with van der Waals surface area (Å²) in [5.74, 6) is -0.128. The molecule has 0 spiro atoms. The van der Waals surface area contributed by atoms with Crippen molar-refractivity contribution in [1.82, 2.24) is 5.32 Å². The van der Waals surface area contributed by atoms with Crippen molar-refractivity contribution in [3.8, 4) is 0 Å². The predicted octanol–water partition coefficient (Wildman–Crippen LogP) is 2.59. The molecule has 2 unspecified atom stereocenters. The maximum absolute atomic E-state index is 13.0. The molecule has 0 amide bonds. The molecule has 4 heteroatoms. The van der Waals surface area contributed by atoms with E-state index in [0.29, 0.717) is 11.6 Å². The molecule has 0 aromatic heterocycles. The van der Waals surface area contributed by atoms with Gasteiger partial charge in [0.15, 0.2) is 0 Å². The first-order chi connectivity index (χ1) is 7.54. The van der Waals surface area contributed by atoms with Crippen LogP contribution >= 0.6 is 11.6 Å². The number of halogens is 2. The van der Waals surface area contributed by atoms with Crippen LogP contribution in [0.25, 0.3) is 0 Å². The summed E-state index contributed by atoms with van der Waals surface area (Å²) in [5, 5.41) is 12.7. The van der Waals surface area contributed by atoms with Crippen LogP contribution in [-0.4, -0.2) is 17.8 Å². The maximum atomic E-state index is 13.0. The van der Waals surface area contributed by atoms with Gasteiger partial charge in [-0.3, -0.25) is 0 Å². The molecule has 16 heavy (non-hydrogen) atoms. The molecule has 0 fully saturated rings.